The summed E-state index contributed by atoms with van der Waals surface area (Å²) in [6.45, 7) is 1.67. The summed E-state index contributed by atoms with van der Waals surface area (Å²) in [5.41, 5.74) is 1.13. The third kappa shape index (κ3) is 6.32. The SMILES string of the molecule is COC(=O)c1c(NC(CO)CCSC)cc(C)nc1Oc1c(OC)cc(Cl)cc1OC. The molecule has 1 aromatic heterocycles. The van der Waals surface area contributed by atoms with E-state index >= 15 is 0 Å². The van der Waals surface area contributed by atoms with Gasteiger partial charge in [0.1, 0.15) is 5.56 Å². The van der Waals surface area contributed by atoms with E-state index in [4.69, 9.17) is 30.5 Å². The molecule has 2 N–H and O–H groups in total. The second-order valence-corrected chi connectivity index (χ2v) is 7.95. The van der Waals surface area contributed by atoms with Gasteiger partial charge in [-0.1, -0.05) is 11.6 Å². The molecule has 0 bridgehead atoms. The first kappa shape index (κ1) is 24.9. The lowest BCUT2D eigenvalue weighted by Crippen LogP contribution is -2.26. The molecule has 0 radical (unpaired) electrons. The van der Waals surface area contributed by atoms with Crippen LogP contribution < -0.4 is 19.5 Å². The minimum absolute atomic E-state index is 0.00910. The number of methoxy groups -OCH3 is 3. The van der Waals surface area contributed by atoms with E-state index in [1.807, 2.05) is 6.26 Å². The van der Waals surface area contributed by atoms with Crippen molar-refractivity contribution in [2.24, 2.45) is 0 Å². The average Bonchev–Trinajstić information content (AvgIpc) is 2.76. The van der Waals surface area contributed by atoms with E-state index in [2.05, 4.69) is 10.3 Å². The van der Waals surface area contributed by atoms with Crippen LogP contribution in [0.3, 0.4) is 0 Å². The van der Waals surface area contributed by atoms with Crippen LogP contribution in [0.2, 0.25) is 5.02 Å². The average molecular weight is 471 g/mol. The molecule has 31 heavy (non-hydrogen) atoms. The van der Waals surface area contributed by atoms with Crippen molar-refractivity contribution in [1.82, 2.24) is 4.98 Å². The summed E-state index contributed by atoms with van der Waals surface area (Å²) in [5, 5.41) is 13.4. The summed E-state index contributed by atoms with van der Waals surface area (Å²) in [5.74, 6) is 1.05. The summed E-state index contributed by atoms with van der Waals surface area (Å²) in [6, 6.07) is 4.58. The normalized spacial score (nSPS) is 11.6. The van der Waals surface area contributed by atoms with Gasteiger partial charge in [0, 0.05) is 22.8 Å². The number of carbonyl (C=O) groups excluding carboxylic acids is 1. The van der Waals surface area contributed by atoms with Crippen LogP contribution >= 0.6 is 23.4 Å². The highest BCUT2D eigenvalue weighted by atomic mass is 35.5. The number of aliphatic hydroxyl groups excluding tert-OH is 1. The number of hydrogen-bond acceptors (Lipinski definition) is 9. The van der Waals surface area contributed by atoms with Gasteiger partial charge >= 0.3 is 5.97 Å². The van der Waals surface area contributed by atoms with Gasteiger partial charge in [0.2, 0.25) is 11.6 Å². The number of halogens is 1. The van der Waals surface area contributed by atoms with Gasteiger partial charge in [-0.15, -0.1) is 0 Å². The number of anilines is 1. The van der Waals surface area contributed by atoms with Crippen molar-refractivity contribution in [2.45, 2.75) is 19.4 Å². The Kier molecular flexibility index (Phi) is 9.54. The molecule has 0 saturated carbocycles. The molecule has 0 saturated heterocycles. The van der Waals surface area contributed by atoms with Gasteiger partial charge in [0.05, 0.1) is 39.7 Å². The van der Waals surface area contributed by atoms with Gasteiger partial charge in [-0.25, -0.2) is 9.78 Å². The van der Waals surface area contributed by atoms with Crippen molar-refractivity contribution in [1.29, 1.82) is 0 Å². The lowest BCUT2D eigenvalue weighted by Gasteiger charge is -2.21. The number of pyridine rings is 1. The smallest absolute Gasteiger partial charge is 0.345 e. The first-order chi connectivity index (χ1) is 14.9. The second kappa shape index (κ2) is 11.9. The number of nitrogens with one attached hydrogen (secondary N) is 1. The van der Waals surface area contributed by atoms with Crippen molar-refractivity contribution in [3.63, 3.8) is 0 Å². The molecule has 0 spiro atoms. The zero-order valence-corrected chi connectivity index (χ0v) is 19.7. The van der Waals surface area contributed by atoms with Crippen LogP contribution in [0.4, 0.5) is 5.69 Å². The minimum Gasteiger partial charge on any atom is -0.493 e. The van der Waals surface area contributed by atoms with Crippen LogP contribution in [0.1, 0.15) is 22.5 Å². The summed E-state index contributed by atoms with van der Waals surface area (Å²) >= 11 is 7.78. The molecule has 0 aliphatic carbocycles. The Morgan fingerprint density at radius 1 is 1.23 bits per heavy atom. The number of nitrogens with zero attached hydrogens (tertiary/aromatic N) is 1. The van der Waals surface area contributed by atoms with E-state index in [-0.39, 0.29) is 29.8 Å². The lowest BCUT2D eigenvalue weighted by molar-refractivity contribution is 0.0598. The minimum atomic E-state index is -0.640. The molecule has 170 valence electrons. The molecule has 0 amide bonds. The Morgan fingerprint density at radius 2 is 1.87 bits per heavy atom. The van der Waals surface area contributed by atoms with E-state index in [1.165, 1.54) is 21.3 Å². The fraction of sp³-hybridized carbons (Fsp3) is 0.429. The number of rotatable bonds is 11. The first-order valence-electron chi connectivity index (χ1n) is 9.44. The highest BCUT2D eigenvalue weighted by Gasteiger charge is 2.25. The highest BCUT2D eigenvalue weighted by molar-refractivity contribution is 7.98. The summed E-state index contributed by atoms with van der Waals surface area (Å²) < 4.78 is 21.7. The molecular weight excluding hydrogens is 444 g/mol. The maximum atomic E-state index is 12.7. The quantitative estimate of drug-likeness (QED) is 0.469. The number of esters is 1. The van der Waals surface area contributed by atoms with Crippen LogP contribution in [0.5, 0.6) is 23.1 Å². The van der Waals surface area contributed by atoms with Gasteiger partial charge in [-0.3, -0.25) is 0 Å². The predicted molar refractivity (Wildman–Crippen MR) is 122 cm³/mol. The molecule has 0 fully saturated rings. The fourth-order valence-electron chi connectivity index (χ4n) is 2.87. The monoisotopic (exact) mass is 470 g/mol. The Labute approximate surface area is 191 Å². The van der Waals surface area contributed by atoms with Crippen molar-refractivity contribution in [2.75, 3.05) is 45.3 Å². The third-order valence-corrected chi connectivity index (χ3v) is 5.24. The van der Waals surface area contributed by atoms with Crippen LogP contribution in [-0.4, -0.2) is 62.0 Å². The number of carbonyl (C=O) groups is 1. The summed E-state index contributed by atoms with van der Waals surface area (Å²) in [4.78, 5) is 17.1. The Morgan fingerprint density at radius 3 is 2.39 bits per heavy atom. The molecule has 2 aromatic rings. The molecule has 1 heterocycles. The standard InChI is InChI=1S/C21H27ClN2O6S/c1-12-8-15(24-14(11-25)6-7-31-5)18(21(26)29-4)20(23-12)30-19-16(27-2)9-13(22)10-17(19)28-3/h8-10,14,25H,6-7,11H2,1-5H3,(H,23,24). The Bertz CT molecular complexity index is 887. The van der Waals surface area contributed by atoms with Crippen molar-refractivity contribution in [3.8, 4) is 23.1 Å². The largest absolute Gasteiger partial charge is 0.493 e. The zero-order chi connectivity index (χ0) is 23.0. The third-order valence-electron chi connectivity index (χ3n) is 4.38. The highest BCUT2D eigenvalue weighted by Crippen LogP contribution is 2.43. The number of hydrogen-bond donors (Lipinski definition) is 2. The maximum Gasteiger partial charge on any atom is 0.345 e. The number of aliphatic hydroxyl groups is 1. The lowest BCUT2D eigenvalue weighted by atomic mass is 10.1. The number of aryl methyl sites for hydroxylation is 1. The summed E-state index contributed by atoms with van der Waals surface area (Å²) in [6.07, 6.45) is 2.69. The molecule has 1 unspecified atom stereocenters. The van der Waals surface area contributed by atoms with E-state index < -0.39 is 5.97 Å². The molecule has 8 nitrogen and oxygen atoms in total. The van der Waals surface area contributed by atoms with E-state index in [0.717, 1.165) is 5.75 Å². The van der Waals surface area contributed by atoms with Crippen LogP contribution in [0.15, 0.2) is 18.2 Å². The molecule has 0 aliphatic heterocycles. The molecule has 1 aromatic carbocycles. The van der Waals surface area contributed by atoms with Crippen molar-refractivity contribution in [3.05, 3.63) is 34.5 Å². The van der Waals surface area contributed by atoms with Gasteiger partial charge in [-0.05, 0) is 31.4 Å². The molecule has 1 atom stereocenters. The van der Waals surface area contributed by atoms with Gasteiger partial charge in [0.15, 0.2) is 11.5 Å². The molecular formula is C21H27ClN2O6S. The van der Waals surface area contributed by atoms with Crippen LogP contribution in [0.25, 0.3) is 0 Å². The van der Waals surface area contributed by atoms with E-state index in [0.29, 0.717) is 34.3 Å². The zero-order valence-electron chi connectivity index (χ0n) is 18.2. The van der Waals surface area contributed by atoms with Crippen molar-refractivity contribution < 1.29 is 28.8 Å². The van der Waals surface area contributed by atoms with E-state index in [9.17, 15) is 9.90 Å². The molecule has 0 aliphatic rings. The second-order valence-electron chi connectivity index (χ2n) is 6.53. The number of ether oxygens (including phenoxy) is 4. The Balaban J connectivity index is 2.58. The predicted octanol–water partition coefficient (Wildman–Crippen LogP) is 4.17. The van der Waals surface area contributed by atoms with Crippen molar-refractivity contribution >= 4 is 35.0 Å². The van der Waals surface area contributed by atoms with Gasteiger partial charge in [0.25, 0.3) is 0 Å². The molecule has 2 rings (SSSR count). The number of aromatic nitrogens is 1. The van der Waals surface area contributed by atoms with Gasteiger partial charge < -0.3 is 29.4 Å². The van der Waals surface area contributed by atoms with Crippen LogP contribution in [-0.2, 0) is 4.74 Å². The topological polar surface area (TPSA) is 99.1 Å². The maximum absolute atomic E-state index is 12.7. The van der Waals surface area contributed by atoms with Crippen LogP contribution in [0, 0.1) is 6.92 Å². The summed E-state index contributed by atoms with van der Waals surface area (Å²) in [7, 11) is 4.21. The fourth-order valence-corrected chi connectivity index (χ4v) is 3.58. The molecule has 10 heteroatoms. The van der Waals surface area contributed by atoms with E-state index in [1.54, 1.807) is 36.9 Å². The number of thioether (sulfide) groups is 1. The first-order valence-corrected chi connectivity index (χ1v) is 11.2. The number of benzene rings is 1. The van der Waals surface area contributed by atoms with Gasteiger partial charge in [-0.2, -0.15) is 11.8 Å². The Hall–Kier alpha value is -2.36.